The monoisotopic (exact) mass is 392 g/mol. The van der Waals surface area contributed by atoms with Gasteiger partial charge in [-0.1, -0.05) is 19.4 Å². The molecule has 0 amide bonds. The molecule has 0 aromatic carbocycles. The fraction of sp³-hybridized carbons (Fsp3) is 0.773. The maximum atomic E-state index is 15.4. The number of ether oxygens (including phenoxy) is 1. The van der Waals surface area contributed by atoms with E-state index in [0.29, 0.717) is 12.8 Å². The molecule has 4 rings (SSSR count). The third kappa shape index (κ3) is 2.42. The van der Waals surface area contributed by atoms with Crippen molar-refractivity contribution in [2.75, 3.05) is 7.11 Å². The van der Waals surface area contributed by atoms with Gasteiger partial charge >= 0.3 is 5.97 Å². The van der Waals surface area contributed by atoms with Crippen molar-refractivity contribution in [2.24, 2.45) is 28.6 Å². The number of carbonyl (C=O) groups excluding carboxylic acids is 3. The van der Waals surface area contributed by atoms with Gasteiger partial charge in [-0.05, 0) is 42.9 Å². The lowest BCUT2D eigenvalue weighted by Crippen LogP contribution is -2.69. The van der Waals surface area contributed by atoms with Crippen LogP contribution in [0.5, 0.6) is 0 Å². The van der Waals surface area contributed by atoms with Crippen LogP contribution in [-0.2, 0) is 19.1 Å². The predicted molar refractivity (Wildman–Crippen MR) is 99.0 cm³/mol. The van der Waals surface area contributed by atoms with E-state index in [1.165, 1.54) is 13.2 Å². The van der Waals surface area contributed by atoms with Crippen molar-refractivity contribution >= 4 is 17.5 Å². The first-order valence-corrected chi connectivity index (χ1v) is 10.3. The third-order valence-corrected chi connectivity index (χ3v) is 8.67. The second-order valence-electron chi connectivity index (χ2n) is 9.80. The predicted octanol–water partition coefficient (Wildman–Crippen LogP) is 2.94. The van der Waals surface area contributed by atoms with Crippen molar-refractivity contribution in [2.45, 2.75) is 70.6 Å². The van der Waals surface area contributed by atoms with Gasteiger partial charge in [-0.3, -0.25) is 9.59 Å². The van der Waals surface area contributed by atoms with Gasteiger partial charge in [0.1, 0.15) is 23.3 Å². The fourth-order valence-corrected chi connectivity index (χ4v) is 7.13. The summed E-state index contributed by atoms with van der Waals surface area (Å²) < 4.78 is 20.1. The molecule has 0 saturated heterocycles. The summed E-state index contributed by atoms with van der Waals surface area (Å²) in [5, 5.41) is 11.2. The Labute approximate surface area is 164 Å². The van der Waals surface area contributed by atoms with E-state index in [4.69, 9.17) is 4.74 Å². The first-order chi connectivity index (χ1) is 13.1. The van der Waals surface area contributed by atoms with Crippen LogP contribution in [0, 0.1) is 28.6 Å². The van der Waals surface area contributed by atoms with E-state index in [1.54, 1.807) is 0 Å². The highest BCUT2D eigenvalue weighted by molar-refractivity contribution is 5.88. The number of fused-ring (bicyclic) bond motifs is 5. The molecule has 4 saturated carbocycles. The van der Waals surface area contributed by atoms with Crippen molar-refractivity contribution in [3.8, 4) is 0 Å². The zero-order valence-corrected chi connectivity index (χ0v) is 16.8. The minimum atomic E-state index is -1.75. The lowest BCUT2D eigenvalue weighted by Gasteiger charge is -2.62. The van der Waals surface area contributed by atoms with Crippen LogP contribution in [0.1, 0.15) is 58.8 Å². The molecule has 0 heterocycles. The van der Waals surface area contributed by atoms with Crippen molar-refractivity contribution in [3.05, 3.63) is 11.6 Å². The highest BCUT2D eigenvalue weighted by atomic mass is 19.1. The normalized spacial score (nSPS) is 49.4. The lowest BCUT2D eigenvalue weighted by atomic mass is 9.43. The molecular formula is C22H29FO5. The first-order valence-electron chi connectivity index (χ1n) is 10.3. The van der Waals surface area contributed by atoms with Gasteiger partial charge in [0.2, 0.25) is 0 Å². The number of allylic oxidation sites excluding steroid dienone is 1. The van der Waals surface area contributed by atoms with E-state index >= 15 is 4.39 Å². The van der Waals surface area contributed by atoms with Gasteiger partial charge in [0, 0.05) is 36.7 Å². The quantitative estimate of drug-likeness (QED) is 0.548. The summed E-state index contributed by atoms with van der Waals surface area (Å²) in [7, 11) is 1.33. The number of alkyl halides is 1. The molecule has 4 fully saturated rings. The molecule has 0 radical (unpaired) electrons. The smallest absolute Gasteiger partial charge is 0.330 e. The van der Waals surface area contributed by atoms with Crippen LogP contribution >= 0.6 is 0 Å². The molecule has 0 bridgehead atoms. The molecule has 0 aliphatic heterocycles. The van der Waals surface area contributed by atoms with Gasteiger partial charge in [-0.25, -0.2) is 9.18 Å². The Bertz CT molecular complexity index is 775. The van der Waals surface area contributed by atoms with E-state index in [0.717, 1.165) is 12.0 Å². The van der Waals surface area contributed by atoms with Crippen LogP contribution in [0.3, 0.4) is 0 Å². The molecule has 154 valence electrons. The molecule has 6 heteroatoms. The summed E-state index contributed by atoms with van der Waals surface area (Å²) >= 11 is 0. The Kier molecular flexibility index (Phi) is 4.38. The van der Waals surface area contributed by atoms with Gasteiger partial charge < -0.3 is 9.84 Å². The number of hydrogen-bond donors (Lipinski definition) is 1. The summed E-state index contributed by atoms with van der Waals surface area (Å²) in [6.07, 6.45) is 2.31. The molecule has 5 nitrogen and oxygen atoms in total. The average molecular weight is 392 g/mol. The zero-order valence-electron chi connectivity index (χ0n) is 16.8. The number of hydrogen-bond acceptors (Lipinski definition) is 5. The minimum Gasteiger partial charge on any atom is -0.466 e. The van der Waals surface area contributed by atoms with E-state index in [1.807, 2.05) is 13.8 Å². The highest BCUT2D eigenvalue weighted by Gasteiger charge is 2.69. The number of Topliss-reactive ketones (excluding diaryl/α,β-unsaturated/α-hetero) is 2. The van der Waals surface area contributed by atoms with Crippen LogP contribution in [0.15, 0.2) is 11.6 Å². The van der Waals surface area contributed by atoms with Crippen LogP contribution in [-0.4, -0.2) is 41.5 Å². The molecule has 0 spiro atoms. The molecule has 0 aromatic heterocycles. The largest absolute Gasteiger partial charge is 0.466 e. The average Bonchev–Trinajstić information content (AvgIpc) is 2.93. The van der Waals surface area contributed by atoms with Crippen molar-refractivity contribution < 1.29 is 28.6 Å². The zero-order chi connectivity index (χ0) is 20.5. The Morgan fingerprint density at radius 2 is 1.96 bits per heavy atom. The SMILES string of the molecule is COC(=O)/C=C1\CCC2C3CC(F)C4(O)CC(=O)CCC4(C)C3C(=O)CC12C. The minimum absolute atomic E-state index is 0.0311. The fourth-order valence-electron chi connectivity index (χ4n) is 7.13. The molecule has 1 N–H and O–H groups in total. The summed E-state index contributed by atoms with van der Waals surface area (Å²) in [6.45, 7) is 3.82. The standard InChI is InChI=1S/C22H29FO5/c1-20-11-16(25)19-14(15(20)5-4-12(20)8-18(26)28-3)9-17(23)22(27)10-13(24)6-7-21(19,22)2/h8,14-15,17,19,27H,4-7,9-11H2,1-3H3/b12-8+. The van der Waals surface area contributed by atoms with Gasteiger partial charge in [-0.15, -0.1) is 0 Å². The van der Waals surface area contributed by atoms with E-state index in [-0.39, 0.29) is 49.1 Å². The van der Waals surface area contributed by atoms with Crippen LogP contribution < -0.4 is 0 Å². The van der Waals surface area contributed by atoms with E-state index < -0.39 is 34.5 Å². The second kappa shape index (κ2) is 6.22. The van der Waals surface area contributed by atoms with Crippen LogP contribution in [0.25, 0.3) is 0 Å². The van der Waals surface area contributed by atoms with Crippen molar-refractivity contribution in [1.29, 1.82) is 0 Å². The lowest BCUT2D eigenvalue weighted by molar-refractivity contribution is -0.225. The Hall–Kier alpha value is -1.56. The number of ketones is 2. The van der Waals surface area contributed by atoms with Crippen LogP contribution in [0.4, 0.5) is 4.39 Å². The Morgan fingerprint density at radius 1 is 1.25 bits per heavy atom. The Balaban J connectivity index is 1.75. The molecule has 28 heavy (non-hydrogen) atoms. The van der Waals surface area contributed by atoms with E-state index in [9.17, 15) is 19.5 Å². The van der Waals surface area contributed by atoms with E-state index in [2.05, 4.69) is 0 Å². The molecule has 4 aliphatic rings. The highest BCUT2D eigenvalue weighted by Crippen LogP contribution is 2.67. The summed E-state index contributed by atoms with van der Waals surface area (Å²) in [4.78, 5) is 37.2. The third-order valence-electron chi connectivity index (χ3n) is 8.67. The maximum absolute atomic E-state index is 15.4. The van der Waals surface area contributed by atoms with Gasteiger partial charge in [0.25, 0.3) is 0 Å². The number of halogens is 1. The summed E-state index contributed by atoms with van der Waals surface area (Å²) in [5.74, 6) is -1.05. The number of methoxy groups -OCH3 is 1. The van der Waals surface area contributed by atoms with Crippen molar-refractivity contribution in [1.82, 2.24) is 0 Å². The number of aliphatic hydroxyl groups is 1. The first kappa shape index (κ1) is 19.7. The Morgan fingerprint density at radius 3 is 2.64 bits per heavy atom. The molecule has 7 atom stereocenters. The van der Waals surface area contributed by atoms with Crippen molar-refractivity contribution in [3.63, 3.8) is 0 Å². The van der Waals surface area contributed by atoms with Gasteiger partial charge in [0.05, 0.1) is 7.11 Å². The number of carbonyl (C=O) groups is 3. The molecular weight excluding hydrogens is 363 g/mol. The number of rotatable bonds is 1. The van der Waals surface area contributed by atoms with Gasteiger partial charge in [0.15, 0.2) is 0 Å². The molecule has 4 aliphatic carbocycles. The summed E-state index contributed by atoms with van der Waals surface area (Å²) in [6, 6.07) is 0. The summed E-state index contributed by atoms with van der Waals surface area (Å²) in [5.41, 5.74) is -2.23. The second-order valence-corrected chi connectivity index (χ2v) is 9.80. The van der Waals surface area contributed by atoms with Crippen LogP contribution in [0.2, 0.25) is 0 Å². The van der Waals surface area contributed by atoms with Gasteiger partial charge in [-0.2, -0.15) is 0 Å². The topological polar surface area (TPSA) is 80.7 Å². The maximum Gasteiger partial charge on any atom is 0.330 e. The number of esters is 1. The molecule has 7 unspecified atom stereocenters. The molecule has 0 aromatic rings.